The van der Waals surface area contributed by atoms with Gasteiger partial charge in [-0.05, 0) is 43.7 Å². The van der Waals surface area contributed by atoms with Crippen LogP contribution >= 0.6 is 0 Å². The van der Waals surface area contributed by atoms with Crippen LogP contribution in [0.4, 0.5) is 0 Å². The molecule has 0 fully saturated rings. The van der Waals surface area contributed by atoms with Gasteiger partial charge in [-0.2, -0.15) is 0 Å². The number of hydrogen-bond acceptors (Lipinski definition) is 3. The highest BCUT2D eigenvalue weighted by molar-refractivity contribution is 5.31. The van der Waals surface area contributed by atoms with Crippen molar-refractivity contribution >= 4 is 0 Å². The summed E-state index contributed by atoms with van der Waals surface area (Å²) >= 11 is 0. The average Bonchev–Trinajstić information content (AvgIpc) is 2.39. The standard InChI is InChI=1S/C15H23NO2/c1-15(16,11-17)9-10-18-14-8-4-6-12-5-2-3-7-13(12)14/h2-3,5,7,14,17H,4,6,8-11,16H2,1H3. The van der Waals surface area contributed by atoms with Gasteiger partial charge in [0, 0.05) is 12.1 Å². The number of ether oxygens (including phenoxy) is 1. The minimum Gasteiger partial charge on any atom is -0.394 e. The van der Waals surface area contributed by atoms with Crippen LogP contribution in [-0.4, -0.2) is 23.9 Å². The summed E-state index contributed by atoms with van der Waals surface area (Å²) in [5, 5.41) is 9.11. The molecule has 0 spiro atoms. The zero-order chi connectivity index (χ0) is 13.0. The molecule has 0 aliphatic heterocycles. The van der Waals surface area contributed by atoms with Crippen molar-refractivity contribution in [2.45, 2.75) is 44.2 Å². The van der Waals surface area contributed by atoms with Gasteiger partial charge in [-0.3, -0.25) is 0 Å². The summed E-state index contributed by atoms with van der Waals surface area (Å²) in [4.78, 5) is 0. The Kier molecular flexibility index (Phi) is 4.38. The number of aliphatic hydroxyl groups excluding tert-OH is 1. The molecule has 2 rings (SSSR count). The number of hydrogen-bond donors (Lipinski definition) is 2. The van der Waals surface area contributed by atoms with Crippen LogP contribution in [0.2, 0.25) is 0 Å². The zero-order valence-electron chi connectivity index (χ0n) is 11.1. The number of aryl methyl sites for hydroxylation is 1. The van der Waals surface area contributed by atoms with Gasteiger partial charge in [-0.25, -0.2) is 0 Å². The van der Waals surface area contributed by atoms with E-state index >= 15 is 0 Å². The Labute approximate surface area is 109 Å². The second-order valence-corrected chi connectivity index (χ2v) is 5.51. The van der Waals surface area contributed by atoms with Crippen LogP contribution in [0.25, 0.3) is 0 Å². The Balaban J connectivity index is 1.92. The van der Waals surface area contributed by atoms with E-state index in [1.807, 2.05) is 6.92 Å². The van der Waals surface area contributed by atoms with Crippen molar-refractivity contribution in [1.29, 1.82) is 0 Å². The molecule has 0 radical (unpaired) electrons. The van der Waals surface area contributed by atoms with E-state index in [-0.39, 0.29) is 12.7 Å². The zero-order valence-corrected chi connectivity index (χ0v) is 11.1. The van der Waals surface area contributed by atoms with Crippen molar-refractivity contribution < 1.29 is 9.84 Å². The molecule has 0 heterocycles. The van der Waals surface area contributed by atoms with Gasteiger partial charge in [0.25, 0.3) is 0 Å². The van der Waals surface area contributed by atoms with Crippen LogP contribution in [0.5, 0.6) is 0 Å². The second kappa shape index (κ2) is 5.83. The summed E-state index contributed by atoms with van der Waals surface area (Å²) in [6.07, 6.45) is 4.30. The number of rotatable bonds is 5. The number of benzene rings is 1. The van der Waals surface area contributed by atoms with E-state index in [1.54, 1.807) is 0 Å². The van der Waals surface area contributed by atoms with Crippen molar-refractivity contribution in [2.24, 2.45) is 5.73 Å². The van der Waals surface area contributed by atoms with E-state index in [1.165, 1.54) is 17.5 Å². The summed E-state index contributed by atoms with van der Waals surface area (Å²) in [7, 11) is 0. The lowest BCUT2D eigenvalue weighted by Gasteiger charge is -2.28. The molecule has 1 aromatic rings. The average molecular weight is 249 g/mol. The molecule has 3 N–H and O–H groups in total. The van der Waals surface area contributed by atoms with E-state index in [2.05, 4.69) is 24.3 Å². The third-order valence-electron chi connectivity index (χ3n) is 3.67. The summed E-state index contributed by atoms with van der Waals surface area (Å²) < 4.78 is 5.96. The number of nitrogens with two attached hydrogens (primary N) is 1. The normalized spacial score (nSPS) is 22.3. The van der Waals surface area contributed by atoms with Gasteiger partial charge in [0.15, 0.2) is 0 Å². The molecule has 2 atom stereocenters. The van der Waals surface area contributed by atoms with Gasteiger partial charge < -0.3 is 15.6 Å². The van der Waals surface area contributed by atoms with Crippen LogP contribution in [-0.2, 0) is 11.2 Å². The maximum absolute atomic E-state index is 9.11. The second-order valence-electron chi connectivity index (χ2n) is 5.51. The van der Waals surface area contributed by atoms with Gasteiger partial charge in [0.2, 0.25) is 0 Å². The fourth-order valence-corrected chi connectivity index (χ4v) is 2.40. The molecule has 0 saturated carbocycles. The largest absolute Gasteiger partial charge is 0.394 e. The minimum absolute atomic E-state index is 0.00237. The van der Waals surface area contributed by atoms with E-state index < -0.39 is 5.54 Å². The van der Waals surface area contributed by atoms with Crippen LogP contribution < -0.4 is 5.73 Å². The van der Waals surface area contributed by atoms with E-state index in [4.69, 9.17) is 15.6 Å². The Bertz CT molecular complexity index is 390. The lowest BCUT2D eigenvalue weighted by Crippen LogP contribution is -2.41. The van der Waals surface area contributed by atoms with Crippen LogP contribution in [0, 0.1) is 0 Å². The fraction of sp³-hybridized carbons (Fsp3) is 0.600. The first-order valence-electron chi connectivity index (χ1n) is 6.71. The first-order valence-corrected chi connectivity index (χ1v) is 6.71. The lowest BCUT2D eigenvalue weighted by molar-refractivity contribution is 0.0257. The van der Waals surface area contributed by atoms with Crippen LogP contribution in [0.15, 0.2) is 24.3 Å². The molecular weight excluding hydrogens is 226 g/mol. The molecule has 0 saturated heterocycles. The molecule has 100 valence electrons. The summed E-state index contributed by atoms with van der Waals surface area (Å²) in [6.45, 7) is 2.45. The van der Waals surface area contributed by atoms with Gasteiger partial charge in [-0.15, -0.1) is 0 Å². The highest BCUT2D eigenvalue weighted by atomic mass is 16.5. The molecule has 0 bridgehead atoms. The molecule has 1 aromatic carbocycles. The maximum atomic E-state index is 9.11. The first kappa shape index (κ1) is 13.5. The predicted octanol–water partition coefficient (Wildman–Crippen LogP) is 2.18. The van der Waals surface area contributed by atoms with E-state index in [0.29, 0.717) is 13.0 Å². The quantitative estimate of drug-likeness (QED) is 0.841. The van der Waals surface area contributed by atoms with Crippen molar-refractivity contribution in [3.63, 3.8) is 0 Å². The molecule has 0 aromatic heterocycles. The molecule has 0 amide bonds. The van der Waals surface area contributed by atoms with Gasteiger partial charge in [0.1, 0.15) is 0 Å². The highest BCUT2D eigenvalue weighted by Crippen LogP contribution is 2.32. The monoisotopic (exact) mass is 249 g/mol. The molecule has 1 aliphatic rings. The molecule has 3 nitrogen and oxygen atoms in total. The topological polar surface area (TPSA) is 55.5 Å². The Morgan fingerprint density at radius 3 is 3.00 bits per heavy atom. The minimum atomic E-state index is -0.534. The SMILES string of the molecule is CC(N)(CO)CCOC1CCCc2ccccc21. The highest BCUT2D eigenvalue weighted by Gasteiger charge is 2.22. The van der Waals surface area contributed by atoms with Crippen LogP contribution in [0.3, 0.4) is 0 Å². The van der Waals surface area contributed by atoms with Crippen molar-refractivity contribution in [1.82, 2.24) is 0 Å². The smallest absolute Gasteiger partial charge is 0.0827 e. The molecule has 2 unspecified atom stereocenters. The predicted molar refractivity (Wildman–Crippen MR) is 72.4 cm³/mol. The number of aliphatic hydroxyl groups is 1. The summed E-state index contributed by atoms with van der Waals surface area (Å²) in [5.74, 6) is 0. The van der Waals surface area contributed by atoms with Gasteiger partial charge in [0.05, 0.1) is 12.7 Å². The summed E-state index contributed by atoms with van der Waals surface area (Å²) in [5.41, 5.74) is 8.10. The van der Waals surface area contributed by atoms with Crippen molar-refractivity contribution in [3.8, 4) is 0 Å². The van der Waals surface area contributed by atoms with Crippen molar-refractivity contribution in [2.75, 3.05) is 13.2 Å². The third-order valence-corrected chi connectivity index (χ3v) is 3.67. The third kappa shape index (κ3) is 3.31. The Morgan fingerprint density at radius 2 is 2.22 bits per heavy atom. The van der Waals surface area contributed by atoms with Gasteiger partial charge in [-0.1, -0.05) is 24.3 Å². The molecular formula is C15H23NO2. The van der Waals surface area contributed by atoms with Crippen LogP contribution in [0.1, 0.15) is 43.4 Å². The Hall–Kier alpha value is -0.900. The molecule has 1 aliphatic carbocycles. The maximum Gasteiger partial charge on any atom is 0.0827 e. The first-order chi connectivity index (χ1) is 8.62. The van der Waals surface area contributed by atoms with E-state index in [0.717, 1.165) is 12.8 Å². The van der Waals surface area contributed by atoms with Gasteiger partial charge >= 0.3 is 0 Å². The fourth-order valence-electron chi connectivity index (χ4n) is 2.40. The molecule has 3 heteroatoms. The molecule has 18 heavy (non-hydrogen) atoms. The lowest BCUT2D eigenvalue weighted by atomic mass is 9.89. The van der Waals surface area contributed by atoms with E-state index in [9.17, 15) is 0 Å². The Morgan fingerprint density at radius 1 is 1.44 bits per heavy atom. The summed E-state index contributed by atoms with van der Waals surface area (Å²) in [6, 6.07) is 8.50. The number of fused-ring (bicyclic) bond motifs is 1. The van der Waals surface area contributed by atoms with Crippen molar-refractivity contribution in [3.05, 3.63) is 35.4 Å².